The summed E-state index contributed by atoms with van der Waals surface area (Å²) in [6, 6.07) is 0. The van der Waals surface area contributed by atoms with Gasteiger partial charge in [-0.2, -0.15) is 0 Å². The molecule has 5 unspecified atom stereocenters. The van der Waals surface area contributed by atoms with Gasteiger partial charge in [0.05, 0.1) is 5.60 Å². The molecule has 0 aromatic carbocycles. The first kappa shape index (κ1) is 19.9. The predicted octanol–water partition coefficient (Wildman–Crippen LogP) is 6.52. The van der Waals surface area contributed by atoms with Crippen molar-refractivity contribution in [3.63, 3.8) is 0 Å². The molecule has 0 N–H and O–H groups in total. The molecule has 4 aliphatic rings. The van der Waals surface area contributed by atoms with Crippen molar-refractivity contribution in [2.75, 3.05) is 0 Å². The van der Waals surface area contributed by atoms with Crippen molar-refractivity contribution in [2.24, 2.45) is 28.6 Å². The van der Waals surface area contributed by atoms with Crippen molar-refractivity contribution in [3.05, 3.63) is 11.6 Å². The van der Waals surface area contributed by atoms with Gasteiger partial charge in [-0.25, -0.2) is 0 Å². The van der Waals surface area contributed by atoms with Gasteiger partial charge in [-0.05, 0) is 106 Å². The number of rotatable bonds is 3. The van der Waals surface area contributed by atoms with E-state index in [0.29, 0.717) is 11.2 Å². The van der Waals surface area contributed by atoms with E-state index in [4.69, 9.17) is 4.43 Å². The largest absolute Gasteiger partial charge is 0.412 e. The predicted molar refractivity (Wildman–Crippen MR) is 114 cm³/mol. The summed E-state index contributed by atoms with van der Waals surface area (Å²) in [5.74, 6) is 2.79. The first-order valence-corrected chi connectivity index (χ1v) is 14.9. The number of carbonyl (C=O) groups is 1. The summed E-state index contributed by atoms with van der Waals surface area (Å²) in [5, 5.41) is 0. The number of ketones is 1. The van der Waals surface area contributed by atoms with Crippen LogP contribution in [0.5, 0.6) is 0 Å². The van der Waals surface area contributed by atoms with E-state index < -0.39 is 8.32 Å². The van der Waals surface area contributed by atoms with E-state index in [9.17, 15) is 4.79 Å². The highest BCUT2D eigenvalue weighted by Crippen LogP contribution is 2.69. The standard InChI is InChI=1S/C24H40O2Si/c1-7-24(26-27(4,5)6)15-12-21-19-9-8-17-16-18(25)10-13-22(17,2)20(19)11-14-23(21,24)3/h16,19-21H,7-15H2,1-6H3/t19?,20?,21?,22?,23?,24-/m0/s1. The molecular weight excluding hydrogens is 348 g/mol. The lowest BCUT2D eigenvalue weighted by molar-refractivity contribution is -0.124. The van der Waals surface area contributed by atoms with Crippen molar-refractivity contribution in [2.45, 2.75) is 104 Å². The number of hydrogen-bond donors (Lipinski definition) is 0. The Morgan fingerprint density at radius 1 is 1.04 bits per heavy atom. The smallest absolute Gasteiger partial charge is 0.184 e. The highest BCUT2D eigenvalue weighted by molar-refractivity contribution is 6.69. The molecule has 0 radical (unpaired) electrons. The van der Waals surface area contributed by atoms with Crippen LogP contribution in [0.15, 0.2) is 11.6 Å². The van der Waals surface area contributed by atoms with Gasteiger partial charge in [-0.15, -0.1) is 0 Å². The number of fused-ring (bicyclic) bond motifs is 5. The topological polar surface area (TPSA) is 26.3 Å². The Hall–Kier alpha value is -0.413. The maximum atomic E-state index is 12.0. The summed E-state index contributed by atoms with van der Waals surface area (Å²) in [6.45, 7) is 14.5. The Labute approximate surface area is 167 Å². The SMILES string of the molecule is CC[C@]1(O[Si](C)(C)C)CCC2C3CCC4=CC(=O)CCC4(C)C3CCC21C. The van der Waals surface area contributed by atoms with Crippen molar-refractivity contribution in [3.8, 4) is 0 Å². The minimum absolute atomic E-state index is 0.104. The summed E-state index contributed by atoms with van der Waals surface area (Å²) in [6.07, 6.45) is 12.8. The van der Waals surface area contributed by atoms with Crippen molar-refractivity contribution < 1.29 is 9.22 Å². The van der Waals surface area contributed by atoms with Gasteiger partial charge in [0.1, 0.15) is 0 Å². The molecule has 4 aliphatic carbocycles. The van der Waals surface area contributed by atoms with E-state index in [0.717, 1.165) is 37.0 Å². The van der Waals surface area contributed by atoms with Crippen molar-refractivity contribution >= 4 is 14.1 Å². The third-order valence-corrected chi connectivity index (χ3v) is 10.3. The van der Waals surface area contributed by atoms with Crippen LogP contribution in [0.1, 0.15) is 78.6 Å². The van der Waals surface area contributed by atoms with Crippen LogP contribution in [0.4, 0.5) is 0 Å². The summed E-state index contributed by atoms with van der Waals surface area (Å²) in [7, 11) is -1.58. The Kier molecular flexibility index (Phi) is 4.63. The maximum absolute atomic E-state index is 12.0. The molecule has 0 aromatic rings. The highest BCUT2D eigenvalue weighted by atomic mass is 28.4. The van der Waals surface area contributed by atoms with Crippen LogP contribution < -0.4 is 0 Å². The van der Waals surface area contributed by atoms with Crippen LogP contribution in [0, 0.1) is 28.6 Å². The van der Waals surface area contributed by atoms with E-state index in [2.05, 4.69) is 40.4 Å². The summed E-state index contributed by atoms with van der Waals surface area (Å²) >= 11 is 0. The van der Waals surface area contributed by atoms with Crippen molar-refractivity contribution in [1.29, 1.82) is 0 Å². The Morgan fingerprint density at radius 2 is 1.74 bits per heavy atom. The average molecular weight is 389 g/mol. The molecule has 0 bridgehead atoms. The fourth-order valence-corrected chi connectivity index (χ4v) is 9.71. The molecular formula is C24H40O2Si. The van der Waals surface area contributed by atoms with Crippen LogP contribution in [-0.2, 0) is 9.22 Å². The zero-order chi connectivity index (χ0) is 19.7. The molecule has 0 aromatic heterocycles. The van der Waals surface area contributed by atoms with Crippen LogP contribution in [0.2, 0.25) is 19.6 Å². The second kappa shape index (κ2) is 6.29. The third-order valence-electron chi connectivity index (χ3n) is 9.32. The lowest BCUT2D eigenvalue weighted by Gasteiger charge is -2.60. The van der Waals surface area contributed by atoms with Crippen LogP contribution in [0.3, 0.4) is 0 Å². The number of carbonyl (C=O) groups excluding carboxylic acids is 1. The molecule has 6 atom stereocenters. The molecule has 152 valence electrons. The fourth-order valence-electron chi connectivity index (χ4n) is 8.06. The van der Waals surface area contributed by atoms with E-state index in [-0.39, 0.29) is 11.0 Å². The third kappa shape index (κ3) is 2.86. The van der Waals surface area contributed by atoms with Gasteiger partial charge in [-0.1, -0.05) is 26.3 Å². The molecule has 2 nitrogen and oxygen atoms in total. The zero-order valence-corrected chi connectivity index (χ0v) is 19.5. The number of allylic oxidation sites excluding steroid dienone is 1. The first-order valence-electron chi connectivity index (χ1n) is 11.5. The second-order valence-corrected chi connectivity index (χ2v) is 16.0. The van der Waals surface area contributed by atoms with E-state index >= 15 is 0 Å². The molecule has 0 amide bonds. The molecule has 0 spiro atoms. The van der Waals surface area contributed by atoms with Crippen molar-refractivity contribution in [1.82, 2.24) is 0 Å². The van der Waals surface area contributed by atoms with Gasteiger partial charge < -0.3 is 4.43 Å². The Morgan fingerprint density at radius 3 is 2.41 bits per heavy atom. The molecule has 3 heteroatoms. The monoisotopic (exact) mass is 388 g/mol. The summed E-state index contributed by atoms with van der Waals surface area (Å²) in [5.41, 5.74) is 2.22. The fraction of sp³-hybridized carbons (Fsp3) is 0.875. The maximum Gasteiger partial charge on any atom is 0.184 e. The molecule has 3 fully saturated rings. The van der Waals surface area contributed by atoms with Gasteiger partial charge in [0.2, 0.25) is 0 Å². The Balaban J connectivity index is 1.66. The lowest BCUT2D eigenvalue weighted by atomic mass is 9.46. The van der Waals surface area contributed by atoms with Gasteiger partial charge >= 0.3 is 0 Å². The summed E-state index contributed by atoms with van der Waals surface area (Å²) < 4.78 is 7.02. The molecule has 4 rings (SSSR count). The lowest BCUT2D eigenvalue weighted by Crippen LogP contribution is -2.57. The first-order chi connectivity index (χ1) is 12.5. The average Bonchev–Trinajstić information content (AvgIpc) is 2.87. The minimum Gasteiger partial charge on any atom is -0.412 e. The second-order valence-electron chi connectivity index (χ2n) is 11.5. The van der Waals surface area contributed by atoms with E-state index in [1.807, 2.05) is 6.08 Å². The van der Waals surface area contributed by atoms with E-state index in [1.54, 1.807) is 0 Å². The highest BCUT2D eigenvalue weighted by Gasteiger charge is 2.64. The quantitative estimate of drug-likeness (QED) is 0.514. The number of hydrogen-bond acceptors (Lipinski definition) is 2. The van der Waals surface area contributed by atoms with Crippen LogP contribution >= 0.6 is 0 Å². The molecule has 0 heterocycles. The molecule has 0 aliphatic heterocycles. The van der Waals surface area contributed by atoms with Gasteiger partial charge in [0, 0.05) is 6.42 Å². The van der Waals surface area contributed by atoms with Crippen LogP contribution in [-0.4, -0.2) is 19.7 Å². The van der Waals surface area contributed by atoms with Gasteiger partial charge in [0.25, 0.3) is 0 Å². The molecule has 3 saturated carbocycles. The zero-order valence-electron chi connectivity index (χ0n) is 18.5. The van der Waals surface area contributed by atoms with Gasteiger partial charge in [0.15, 0.2) is 14.1 Å². The normalized spacial score (nSPS) is 47.1. The van der Waals surface area contributed by atoms with Crippen LogP contribution in [0.25, 0.3) is 0 Å². The molecule has 27 heavy (non-hydrogen) atoms. The summed E-state index contributed by atoms with van der Waals surface area (Å²) in [4.78, 5) is 12.0. The Bertz CT molecular complexity index is 662. The molecule has 0 saturated heterocycles. The van der Waals surface area contributed by atoms with Gasteiger partial charge in [-0.3, -0.25) is 4.79 Å². The minimum atomic E-state index is -1.58. The van der Waals surface area contributed by atoms with E-state index in [1.165, 1.54) is 44.1 Å².